The minimum atomic E-state index is 0.875. The molecule has 0 bridgehead atoms. The number of anilines is 1. The minimum absolute atomic E-state index is 0.875. The molecule has 5 nitrogen and oxygen atoms in total. The van der Waals surface area contributed by atoms with Gasteiger partial charge in [0, 0.05) is 30.5 Å². The van der Waals surface area contributed by atoms with Crippen LogP contribution in [0, 0.1) is 0 Å². The Morgan fingerprint density at radius 3 is 2.74 bits per heavy atom. The summed E-state index contributed by atoms with van der Waals surface area (Å²) < 4.78 is 0. The molecule has 19 heavy (non-hydrogen) atoms. The first-order chi connectivity index (χ1) is 9.42. The monoisotopic (exact) mass is 253 g/mol. The molecule has 2 aromatic rings. The third kappa shape index (κ3) is 1.77. The van der Waals surface area contributed by atoms with Crippen LogP contribution in [0.5, 0.6) is 0 Å². The van der Waals surface area contributed by atoms with Crippen LogP contribution in [0.2, 0.25) is 0 Å². The molecule has 0 amide bonds. The number of hydrogen-bond donors (Lipinski definition) is 0. The Morgan fingerprint density at radius 2 is 2.00 bits per heavy atom. The predicted molar refractivity (Wildman–Crippen MR) is 71.9 cm³/mol. The van der Waals surface area contributed by atoms with Gasteiger partial charge in [0.05, 0.1) is 11.4 Å². The van der Waals surface area contributed by atoms with E-state index in [1.54, 1.807) is 12.5 Å². The summed E-state index contributed by atoms with van der Waals surface area (Å²) in [6.45, 7) is 2.14. The summed E-state index contributed by atoms with van der Waals surface area (Å²) in [5.74, 6) is 0.875. The van der Waals surface area contributed by atoms with Crippen LogP contribution in [0.15, 0.2) is 18.6 Å². The molecule has 2 aliphatic rings. The van der Waals surface area contributed by atoms with Crippen molar-refractivity contribution < 1.29 is 0 Å². The van der Waals surface area contributed by atoms with Crippen molar-refractivity contribution in [2.45, 2.75) is 25.7 Å². The Kier molecular flexibility index (Phi) is 2.43. The van der Waals surface area contributed by atoms with Crippen molar-refractivity contribution in [3.05, 3.63) is 29.8 Å². The van der Waals surface area contributed by atoms with E-state index < -0.39 is 0 Å². The lowest BCUT2D eigenvalue weighted by molar-refractivity contribution is 0.599. The molecule has 1 saturated heterocycles. The number of fused-ring (bicyclic) bond motifs is 1. The van der Waals surface area contributed by atoms with Gasteiger partial charge < -0.3 is 4.90 Å². The first-order valence-corrected chi connectivity index (χ1v) is 6.83. The van der Waals surface area contributed by atoms with Gasteiger partial charge in [0.1, 0.15) is 6.33 Å². The van der Waals surface area contributed by atoms with Gasteiger partial charge in [0.2, 0.25) is 5.95 Å². The third-order valence-electron chi connectivity index (χ3n) is 3.88. The lowest BCUT2D eigenvalue weighted by Crippen LogP contribution is -2.38. The molecule has 2 aromatic heterocycles. The van der Waals surface area contributed by atoms with Crippen LogP contribution in [0.25, 0.3) is 11.4 Å². The van der Waals surface area contributed by atoms with Crippen molar-refractivity contribution in [2.75, 3.05) is 18.0 Å². The number of aryl methyl sites for hydroxylation is 1. The fourth-order valence-electron chi connectivity index (χ4n) is 2.72. The zero-order valence-corrected chi connectivity index (χ0v) is 10.7. The van der Waals surface area contributed by atoms with Gasteiger partial charge in [-0.05, 0) is 31.7 Å². The molecule has 4 rings (SSSR count). The maximum atomic E-state index is 4.76. The summed E-state index contributed by atoms with van der Waals surface area (Å²) in [4.78, 5) is 20.1. The Hall–Kier alpha value is -2.04. The lowest BCUT2D eigenvalue weighted by atomic mass is 10.1. The van der Waals surface area contributed by atoms with Crippen LogP contribution in [0.4, 0.5) is 5.95 Å². The summed E-state index contributed by atoms with van der Waals surface area (Å²) in [5, 5.41) is 0. The maximum Gasteiger partial charge on any atom is 0.226 e. The highest BCUT2D eigenvalue weighted by atomic mass is 15.3. The summed E-state index contributed by atoms with van der Waals surface area (Å²) >= 11 is 0. The van der Waals surface area contributed by atoms with Crippen molar-refractivity contribution in [3.63, 3.8) is 0 Å². The summed E-state index contributed by atoms with van der Waals surface area (Å²) in [6, 6.07) is 1.93. The van der Waals surface area contributed by atoms with E-state index in [1.807, 2.05) is 6.07 Å². The van der Waals surface area contributed by atoms with Crippen LogP contribution in [-0.4, -0.2) is 33.0 Å². The summed E-state index contributed by atoms with van der Waals surface area (Å²) in [5.41, 5.74) is 4.41. The first kappa shape index (κ1) is 10.8. The van der Waals surface area contributed by atoms with E-state index in [-0.39, 0.29) is 0 Å². The third-order valence-corrected chi connectivity index (χ3v) is 3.88. The molecule has 96 valence electrons. The largest absolute Gasteiger partial charge is 0.341 e. The van der Waals surface area contributed by atoms with Crippen molar-refractivity contribution in [2.24, 2.45) is 0 Å². The predicted octanol–water partition coefficient (Wildman–Crippen LogP) is 1.63. The van der Waals surface area contributed by atoms with Crippen molar-refractivity contribution in [1.82, 2.24) is 19.9 Å². The standard InChI is InChI=1S/C14H15N5/c1-3-10-11(4-1)17-14(19-7-2-8-19)18-13(10)12-5-6-15-9-16-12/h5-6,9H,1-4,7-8H2. The normalized spacial score (nSPS) is 17.2. The molecule has 0 radical (unpaired) electrons. The lowest BCUT2D eigenvalue weighted by Gasteiger charge is -2.31. The zero-order chi connectivity index (χ0) is 12.7. The van der Waals surface area contributed by atoms with Gasteiger partial charge in [0.15, 0.2) is 0 Å². The second-order valence-electron chi connectivity index (χ2n) is 5.09. The quantitative estimate of drug-likeness (QED) is 0.814. The second kappa shape index (κ2) is 4.26. The molecule has 1 aliphatic heterocycles. The SMILES string of the molecule is c1cc(-c2nc(N3CCC3)nc3c2CCC3)ncn1. The Morgan fingerprint density at radius 1 is 1.05 bits per heavy atom. The molecule has 1 fully saturated rings. The molecule has 0 saturated carbocycles. The van der Waals surface area contributed by atoms with E-state index in [2.05, 4.69) is 14.9 Å². The van der Waals surface area contributed by atoms with Crippen molar-refractivity contribution in [3.8, 4) is 11.4 Å². The Labute approximate surface area is 111 Å². The molecule has 0 aromatic carbocycles. The van der Waals surface area contributed by atoms with Gasteiger partial charge in [-0.15, -0.1) is 0 Å². The molecule has 0 unspecified atom stereocenters. The number of hydrogen-bond acceptors (Lipinski definition) is 5. The smallest absolute Gasteiger partial charge is 0.226 e. The van der Waals surface area contributed by atoms with E-state index in [0.717, 1.165) is 43.3 Å². The van der Waals surface area contributed by atoms with E-state index in [1.165, 1.54) is 24.1 Å². The maximum absolute atomic E-state index is 4.76. The van der Waals surface area contributed by atoms with E-state index in [0.29, 0.717) is 0 Å². The molecular weight excluding hydrogens is 238 g/mol. The van der Waals surface area contributed by atoms with E-state index >= 15 is 0 Å². The van der Waals surface area contributed by atoms with Gasteiger partial charge in [-0.2, -0.15) is 0 Å². The molecule has 1 aliphatic carbocycles. The summed E-state index contributed by atoms with van der Waals surface area (Å²) in [6.07, 6.45) is 7.90. The van der Waals surface area contributed by atoms with Gasteiger partial charge >= 0.3 is 0 Å². The van der Waals surface area contributed by atoms with Crippen LogP contribution < -0.4 is 4.90 Å². The Bertz CT molecular complexity index is 607. The van der Waals surface area contributed by atoms with Crippen molar-refractivity contribution >= 4 is 5.95 Å². The van der Waals surface area contributed by atoms with Gasteiger partial charge in [-0.1, -0.05) is 0 Å². The van der Waals surface area contributed by atoms with E-state index in [9.17, 15) is 0 Å². The highest BCUT2D eigenvalue weighted by molar-refractivity contribution is 5.62. The molecule has 0 spiro atoms. The molecule has 5 heteroatoms. The average Bonchev–Trinajstić information content (AvgIpc) is 2.85. The van der Waals surface area contributed by atoms with Gasteiger partial charge in [-0.25, -0.2) is 19.9 Å². The highest BCUT2D eigenvalue weighted by Gasteiger charge is 2.24. The topological polar surface area (TPSA) is 54.8 Å². The van der Waals surface area contributed by atoms with Crippen LogP contribution in [0.3, 0.4) is 0 Å². The zero-order valence-electron chi connectivity index (χ0n) is 10.7. The highest BCUT2D eigenvalue weighted by Crippen LogP contribution is 2.31. The molecule has 0 atom stereocenters. The minimum Gasteiger partial charge on any atom is -0.341 e. The number of aromatic nitrogens is 4. The second-order valence-corrected chi connectivity index (χ2v) is 5.09. The fraction of sp³-hybridized carbons (Fsp3) is 0.429. The van der Waals surface area contributed by atoms with Gasteiger partial charge in [0.25, 0.3) is 0 Å². The van der Waals surface area contributed by atoms with Crippen molar-refractivity contribution in [1.29, 1.82) is 0 Å². The summed E-state index contributed by atoms with van der Waals surface area (Å²) in [7, 11) is 0. The number of rotatable bonds is 2. The van der Waals surface area contributed by atoms with Crippen LogP contribution in [0.1, 0.15) is 24.1 Å². The van der Waals surface area contributed by atoms with Crippen LogP contribution >= 0.6 is 0 Å². The Balaban J connectivity index is 1.86. The fourth-order valence-corrected chi connectivity index (χ4v) is 2.72. The first-order valence-electron chi connectivity index (χ1n) is 6.83. The molecule has 0 N–H and O–H groups in total. The van der Waals surface area contributed by atoms with Crippen LogP contribution in [-0.2, 0) is 12.8 Å². The molecular formula is C14H15N5. The van der Waals surface area contributed by atoms with E-state index in [4.69, 9.17) is 9.97 Å². The van der Waals surface area contributed by atoms with Gasteiger partial charge in [-0.3, -0.25) is 0 Å². The number of nitrogens with zero attached hydrogens (tertiary/aromatic N) is 5. The average molecular weight is 253 g/mol. The molecule has 3 heterocycles.